The van der Waals surface area contributed by atoms with E-state index in [1.165, 1.54) is 0 Å². The lowest BCUT2D eigenvalue weighted by molar-refractivity contribution is 0.300. The van der Waals surface area contributed by atoms with Crippen molar-refractivity contribution in [1.29, 1.82) is 0 Å². The summed E-state index contributed by atoms with van der Waals surface area (Å²) in [6, 6.07) is 5.94. The number of hydrogen-bond acceptors (Lipinski definition) is 6. The second-order valence-electron chi connectivity index (χ2n) is 5.28. The Bertz CT molecular complexity index is 752. The number of benzene rings is 1. The highest BCUT2D eigenvalue weighted by Crippen LogP contribution is 2.19. The normalized spacial score (nSPS) is 11.5. The lowest BCUT2D eigenvalue weighted by atomic mass is 10.0. The van der Waals surface area contributed by atoms with E-state index in [2.05, 4.69) is 36.4 Å². The van der Waals surface area contributed by atoms with E-state index in [0.717, 1.165) is 15.6 Å². The van der Waals surface area contributed by atoms with Crippen LogP contribution in [0.4, 0.5) is 0 Å². The predicted octanol–water partition coefficient (Wildman–Crippen LogP) is 1.77. The summed E-state index contributed by atoms with van der Waals surface area (Å²) < 4.78 is 5.79. The van der Waals surface area contributed by atoms with Crippen molar-refractivity contribution in [2.45, 2.75) is 26.2 Å². The number of hydrogen-bond donors (Lipinski definition) is 3. The van der Waals surface area contributed by atoms with E-state index in [1.807, 2.05) is 25.1 Å². The maximum atomic E-state index is 9.36. The van der Waals surface area contributed by atoms with Crippen LogP contribution in [0.1, 0.15) is 28.9 Å². The third kappa shape index (κ3) is 4.79. The maximum Gasteiger partial charge on any atom is 0.185 e. The minimum absolute atomic E-state index is 0.0519. The van der Waals surface area contributed by atoms with Crippen LogP contribution in [-0.4, -0.2) is 33.7 Å². The molecule has 2 rings (SSSR count). The minimum Gasteiger partial charge on any atom is -0.411 e. The van der Waals surface area contributed by atoms with Crippen molar-refractivity contribution in [3.63, 3.8) is 0 Å². The molecule has 5 N–H and O–H groups in total. The average Bonchev–Trinajstić information content (AvgIpc) is 3.00. The van der Waals surface area contributed by atoms with E-state index in [-0.39, 0.29) is 5.96 Å². The number of guanidine groups is 1. The molecule has 0 saturated carbocycles. The SMILES string of the molecule is Cc1ccc(C/C(=N\O)c2nonc2CCCN=C(N)N)cc1Br. The Balaban J connectivity index is 2.09. The van der Waals surface area contributed by atoms with Gasteiger partial charge in [0.1, 0.15) is 11.4 Å². The Morgan fingerprint density at radius 3 is 2.79 bits per heavy atom. The molecule has 8 nitrogen and oxygen atoms in total. The Hall–Kier alpha value is -2.42. The van der Waals surface area contributed by atoms with Crippen LogP contribution < -0.4 is 11.5 Å². The summed E-state index contributed by atoms with van der Waals surface area (Å²) in [5.41, 5.74) is 14.1. The molecule has 0 amide bonds. The van der Waals surface area contributed by atoms with Crippen molar-refractivity contribution in [1.82, 2.24) is 10.3 Å². The quantitative estimate of drug-likeness (QED) is 0.215. The maximum absolute atomic E-state index is 9.36. The van der Waals surface area contributed by atoms with Gasteiger partial charge in [0.15, 0.2) is 11.7 Å². The molecular weight excluding hydrogens is 376 g/mol. The Kier molecular flexibility index (Phi) is 6.30. The molecule has 0 radical (unpaired) electrons. The summed E-state index contributed by atoms with van der Waals surface area (Å²) in [4.78, 5) is 3.91. The van der Waals surface area contributed by atoms with E-state index in [0.29, 0.717) is 42.9 Å². The van der Waals surface area contributed by atoms with Crippen LogP contribution in [0.3, 0.4) is 0 Å². The van der Waals surface area contributed by atoms with E-state index in [9.17, 15) is 5.21 Å². The summed E-state index contributed by atoms with van der Waals surface area (Å²) in [7, 11) is 0. The first-order valence-corrected chi connectivity index (χ1v) is 8.13. The smallest absolute Gasteiger partial charge is 0.185 e. The van der Waals surface area contributed by atoms with Crippen molar-refractivity contribution in [2.24, 2.45) is 21.6 Å². The standard InChI is InChI=1S/C15H19BrN6O2/c1-9-4-5-10(7-11(9)16)8-13(20-23)14-12(21-24-22-14)3-2-6-19-15(17)18/h4-5,7,23H,2-3,6,8H2,1H3,(H4,17,18,19)/b20-13+. The molecule has 1 aromatic carbocycles. The fraction of sp³-hybridized carbons (Fsp3) is 0.333. The highest BCUT2D eigenvalue weighted by atomic mass is 79.9. The first-order chi connectivity index (χ1) is 11.5. The van der Waals surface area contributed by atoms with Gasteiger partial charge in [0.2, 0.25) is 0 Å². The molecule has 0 bridgehead atoms. The summed E-state index contributed by atoms with van der Waals surface area (Å²) in [6.07, 6.45) is 1.64. The van der Waals surface area contributed by atoms with E-state index in [1.54, 1.807) is 0 Å². The fourth-order valence-corrected chi connectivity index (χ4v) is 2.58. The van der Waals surface area contributed by atoms with Gasteiger partial charge in [-0.3, -0.25) is 4.99 Å². The van der Waals surface area contributed by atoms with Gasteiger partial charge in [-0.1, -0.05) is 38.4 Å². The molecule has 0 aliphatic carbocycles. The van der Waals surface area contributed by atoms with Crippen LogP contribution >= 0.6 is 15.9 Å². The molecular formula is C15H19BrN6O2. The monoisotopic (exact) mass is 394 g/mol. The zero-order valence-electron chi connectivity index (χ0n) is 13.2. The molecule has 128 valence electrons. The second-order valence-corrected chi connectivity index (χ2v) is 6.13. The second kappa shape index (κ2) is 8.44. The van der Waals surface area contributed by atoms with Crippen LogP contribution in [0.2, 0.25) is 0 Å². The van der Waals surface area contributed by atoms with Gasteiger partial charge in [-0.05, 0) is 42.1 Å². The molecule has 9 heteroatoms. The highest BCUT2D eigenvalue weighted by Gasteiger charge is 2.17. The van der Waals surface area contributed by atoms with Gasteiger partial charge in [0.05, 0.1) is 0 Å². The lowest BCUT2D eigenvalue weighted by Gasteiger charge is -2.05. The van der Waals surface area contributed by atoms with Gasteiger partial charge < -0.3 is 16.7 Å². The third-order valence-corrected chi connectivity index (χ3v) is 4.28. The van der Waals surface area contributed by atoms with Gasteiger partial charge in [-0.25, -0.2) is 4.63 Å². The number of rotatable bonds is 7. The van der Waals surface area contributed by atoms with Crippen LogP contribution in [0.5, 0.6) is 0 Å². The molecule has 0 saturated heterocycles. The molecule has 0 spiro atoms. The summed E-state index contributed by atoms with van der Waals surface area (Å²) in [5, 5.41) is 20.5. The molecule has 0 aliphatic heterocycles. The van der Waals surface area contributed by atoms with Gasteiger partial charge >= 0.3 is 0 Å². The molecule has 1 heterocycles. The van der Waals surface area contributed by atoms with Crippen LogP contribution in [0.25, 0.3) is 0 Å². The third-order valence-electron chi connectivity index (χ3n) is 3.42. The molecule has 0 fully saturated rings. The Morgan fingerprint density at radius 2 is 2.12 bits per heavy atom. The van der Waals surface area contributed by atoms with Crippen LogP contribution in [0.15, 0.2) is 37.4 Å². The topological polar surface area (TPSA) is 136 Å². The van der Waals surface area contributed by atoms with Crippen LogP contribution in [0, 0.1) is 6.92 Å². The minimum atomic E-state index is 0.0519. The van der Waals surface area contributed by atoms with Crippen molar-refractivity contribution < 1.29 is 9.84 Å². The lowest BCUT2D eigenvalue weighted by Crippen LogP contribution is -2.23. The molecule has 0 atom stereocenters. The number of aromatic nitrogens is 2. The van der Waals surface area contributed by atoms with Crippen molar-refractivity contribution >= 4 is 27.6 Å². The molecule has 24 heavy (non-hydrogen) atoms. The number of oxime groups is 1. The molecule has 0 aliphatic rings. The van der Waals surface area contributed by atoms with Gasteiger partial charge in [-0.2, -0.15) is 0 Å². The molecule has 0 unspecified atom stereocenters. The first kappa shape index (κ1) is 17.9. The van der Waals surface area contributed by atoms with Gasteiger partial charge in [-0.15, -0.1) is 0 Å². The predicted molar refractivity (Wildman–Crippen MR) is 94.2 cm³/mol. The summed E-state index contributed by atoms with van der Waals surface area (Å²) in [5.74, 6) is 0.0519. The average molecular weight is 395 g/mol. The van der Waals surface area contributed by atoms with Crippen LogP contribution in [-0.2, 0) is 12.8 Å². The highest BCUT2D eigenvalue weighted by molar-refractivity contribution is 9.10. The van der Waals surface area contributed by atoms with Crippen molar-refractivity contribution in [3.8, 4) is 0 Å². The van der Waals surface area contributed by atoms with Crippen molar-refractivity contribution in [3.05, 3.63) is 45.2 Å². The van der Waals surface area contributed by atoms with E-state index >= 15 is 0 Å². The molecule has 2 aromatic rings. The number of aliphatic imine (C=N–C) groups is 1. The van der Waals surface area contributed by atoms with Crippen molar-refractivity contribution in [2.75, 3.05) is 6.54 Å². The number of nitrogens with zero attached hydrogens (tertiary/aromatic N) is 4. The summed E-state index contributed by atoms with van der Waals surface area (Å²) >= 11 is 3.49. The number of nitrogens with two attached hydrogens (primary N) is 2. The first-order valence-electron chi connectivity index (χ1n) is 7.34. The fourth-order valence-electron chi connectivity index (χ4n) is 2.15. The zero-order valence-corrected chi connectivity index (χ0v) is 14.8. The van der Waals surface area contributed by atoms with Gasteiger partial charge in [0.25, 0.3) is 0 Å². The Labute approximate surface area is 147 Å². The summed E-state index contributed by atoms with van der Waals surface area (Å²) in [6.45, 7) is 2.48. The zero-order chi connectivity index (χ0) is 17.5. The Morgan fingerprint density at radius 1 is 1.33 bits per heavy atom. The largest absolute Gasteiger partial charge is 0.411 e. The number of aryl methyl sites for hydroxylation is 2. The van der Waals surface area contributed by atoms with Gasteiger partial charge in [0, 0.05) is 17.4 Å². The van der Waals surface area contributed by atoms with E-state index in [4.69, 9.17) is 16.1 Å². The number of halogens is 1. The molecule has 1 aromatic heterocycles. The van der Waals surface area contributed by atoms with E-state index < -0.39 is 0 Å².